The Kier molecular flexibility index (Phi) is 2.72. The van der Waals surface area contributed by atoms with Crippen LogP contribution >= 0.6 is 0 Å². The number of hydrogen-bond donors (Lipinski definition) is 0. The second kappa shape index (κ2) is 3.38. The van der Waals surface area contributed by atoms with E-state index in [1.54, 1.807) is 0 Å². The van der Waals surface area contributed by atoms with Crippen molar-refractivity contribution in [3.8, 4) is 0 Å². The molecular formula is C9H19N. The molecule has 0 aliphatic heterocycles. The van der Waals surface area contributed by atoms with Crippen molar-refractivity contribution in [2.24, 2.45) is 0 Å². The molecule has 0 N–H and O–H groups in total. The largest absolute Gasteiger partial charge is 0.301 e. The van der Waals surface area contributed by atoms with Crippen LogP contribution < -0.4 is 0 Å². The third kappa shape index (κ3) is 1.98. The molecule has 0 bridgehead atoms. The Morgan fingerprint density at radius 2 is 2.10 bits per heavy atom. The van der Waals surface area contributed by atoms with Gasteiger partial charge in [-0.15, -0.1) is 0 Å². The molecule has 1 rings (SSSR count). The lowest BCUT2D eigenvalue weighted by Crippen LogP contribution is -2.30. The summed E-state index contributed by atoms with van der Waals surface area (Å²) in [6.45, 7) is 4.60. The van der Waals surface area contributed by atoms with Gasteiger partial charge in [-0.25, -0.2) is 0 Å². The van der Waals surface area contributed by atoms with Crippen molar-refractivity contribution >= 4 is 0 Å². The summed E-state index contributed by atoms with van der Waals surface area (Å²) in [6, 6.07) is 1.74. The first-order valence-corrected chi connectivity index (χ1v) is 4.47. The van der Waals surface area contributed by atoms with Gasteiger partial charge in [-0.1, -0.05) is 13.3 Å². The molecular weight excluding hydrogens is 122 g/mol. The van der Waals surface area contributed by atoms with E-state index in [9.17, 15) is 0 Å². The van der Waals surface area contributed by atoms with Gasteiger partial charge in [0.2, 0.25) is 0 Å². The number of rotatable bonds is 4. The Bertz CT molecular complexity index is 96.9. The van der Waals surface area contributed by atoms with Crippen LogP contribution in [0.3, 0.4) is 0 Å². The van der Waals surface area contributed by atoms with Crippen LogP contribution in [0.5, 0.6) is 0 Å². The van der Waals surface area contributed by atoms with Gasteiger partial charge < -0.3 is 4.90 Å². The van der Waals surface area contributed by atoms with Gasteiger partial charge in [0.1, 0.15) is 0 Å². The maximum absolute atomic E-state index is 2.53. The van der Waals surface area contributed by atoms with Crippen LogP contribution in [-0.4, -0.2) is 24.0 Å². The van der Waals surface area contributed by atoms with Crippen LogP contribution in [0.2, 0.25) is 0 Å². The van der Waals surface area contributed by atoms with Crippen molar-refractivity contribution in [3.05, 3.63) is 0 Å². The summed E-state index contributed by atoms with van der Waals surface area (Å²) in [7, 11) is 2.26. The van der Waals surface area contributed by atoms with Crippen molar-refractivity contribution in [3.63, 3.8) is 0 Å². The highest BCUT2D eigenvalue weighted by atomic mass is 15.2. The highest BCUT2D eigenvalue weighted by Gasteiger charge is 2.28. The minimum absolute atomic E-state index is 0.803. The molecule has 1 nitrogen and oxygen atoms in total. The first-order chi connectivity index (χ1) is 4.75. The van der Waals surface area contributed by atoms with E-state index in [1.807, 2.05) is 0 Å². The van der Waals surface area contributed by atoms with Crippen LogP contribution in [0.1, 0.15) is 39.5 Å². The lowest BCUT2D eigenvalue weighted by atomic mass is 10.2. The molecule has 1 unspecified atom stereocenters. The Hall–Kier alpha value is -0.0400. The van der Waals surface area contributed by atoms with Crippen molar-refractivity contribution in [2.75, 3.05) is 7.05 Å². The second-order valence-electron chi connectivity index (χ2n) is 3.53. The SMILES string of the molecule is CCCC(C)N(C)C1CC1. The number of nitrogens with zero attached hydrogens (tertiary/aromatic N) is 1. The van der Waals surface area contributed by atoms with Crippen LogP contribution in [0, 0.1) is 0 Å². The quantitative estimate of drug-likeness (QED) is 0.580. The fourth-order valence-electron chi connectivity index (χ4n) is 1.46. The fourth-order valence-corrected chi connectivity index (χ4v) is 1.46. The van der Waals surface area contributed by atoms with Gasteiger partial charge in [0.25, 0.3) is 0 Å². The van der Waals surface area contributed by atoms with Crippen LogP contribution in [0.25, 0.3) is 0 Å². The third-order valence-electron chi connectivity index (χ3n) is 2.52. The third-order valence-corrected chi connectivity index (χ3v) is 2.52. The van der Waals surface area contributed by atoms with E-state index in [1.165, 1.54) is 25.7 Å². The molecule has 1 aliphatic carbocycles. The fraction of sp³-hybridized carbons (Fsp3) is 1.00. The minimum Gasteiger partial charge on any atom is -0.301 e. The second-order valence-corrected chi connectivity index (χ2v) is 3.53. The molecule has 0 spiro atoms. The van der Waals surface area contributed by atoms with Gasteiger partial charge in [-0.05, 0) is 33.2 Å². The van der Waals surface area contributed by atoms with Gasteiger partial charge in [0.15, 0.2) is 0 Å². The lowest BCUT2D eigenvalue weighted by molar-refractivity contribution is 0.235. The van der Waals surface area contributed by atoms with Crippen molar-refractivity contribution in [2.45, 2.75) is 51.6 Å². The summed E-state index contributed by atoms with van der Waals surface area (Å²) in [5.41, 5.74) is 0. The summed E-state index contributed by atoms with van der Waals surface area (Å²) < 4.78 is 0. The van der Waals surface area contributed by atoms with E-state index in [2.05, 4.69) is 25.8 Å². The average Bonchev–Trinajstić information content (AvgIpc) is 2.68. The molecule has 1 heteroatoms. The molecule has 0 radical (unpaired) electrons. The van der Waals surface area contributed by atoms with E-state index in [-0.39, 0.29) is 0 Å². The molecule has 1 aliphatic rings. The summed E-state index contributed by atoms with van der Waals surface area (Å²) in [5, 5.41) is 0. The van der Waals surface area contributed by atoms with E-state index in [0.29, 0.717) is 0 Å². The van der Waals surface area contributed by atoms with E-state index >= 15 is 0 Å². The monoisotopic (exact) mass is 141 g/mol. The normalized spacial score (nSPS) is 21.6. The van der Waals surface area contributed by atoms with Crippen LogP contribution in [0.4, 0.5) is 0 Å². The lowest BCUT2D eigenvalue weighted by Gasteiger charge is -2.23. The summed E-state index contributed by atoms with van der Waals surface area (Å²) in [6.07, 6.45) is 5.54. The average molecular weight is 141 g/mol. The smallest absolute Gasteiger partial charge is 0.00961 e. The Morgan fingerprint density at radius 1 is 1.50 bits per heavy atom. The highest BCUT2D eigenvalue weighted by molar-refractivity contribution is 4.84. The first kappa shape index (κ1) is 8.06. The van der Waals surface area contributed by atoms with Crippen LogP contribution in [-0.2, 0) is 0 Å². The van der Waals surface area contributed by atoms with Gasteiger partial charge >= 0.3 is 0 Å². The summed E-state index contributed by atoms with van der Waals surface area (Å²) >= 11 is 0. The topological polar surface area (TPSA) is 3.24 Å². The Balaban J connectivity index is 2.17. The molecule has 0 aromatic heterocycles. The molecule has 60 valence electrons. The van der Waals surface area contributed by atoms with Gasteiger partial charge in [0.05, 0.1) is 0 Å². The molecule has 1 atom stereocenters. The first-order valence-electron chi connectivity index (χ1n) is 4.47. The molecule has 1 fully saturated rings. The summed E-state index contributed by atoms with van der Waals surface area (Å²) in [4.78, 5) is 2.53. The van der Waals surface area contributed by atoms with Crippen molar-refractivity contribution < 1.29 is 0 Å². The summed E-state index contributed by atoms with van der Waals surface area (Å²) in [5.74, 6) is 0. The van der Waals surface area contributed by atoms with Gasteiger partial charge in [-0.3, -0.25) is 0 Å². The molecule has 0 aromatic carbocycles. The highest BCUT2D eigenvalue weighted by Crippen LogP contribution is 2.27. The molecule has 0 saturated heterocycles. The number of hydrogen-bond acceptors (Lipinski definition) is 1. The predicted molar refractivity (Wildman–Crippen MR) is 45.2 cm³/mol. The standard InChI is InChI=1S/C9H19N/c1-4-5-8(2)10(3)9-6-7-9/h8-9H,4-7H2,1-3H3. The Labute approximate surface area is 64.4 Å². The van der Waals surface area contributed by atoms with E-state index < -0.39 is 0 Å². The van der Waals surface area contributed by atoms with E-state index in [0.717, 1.165) is 12.1 Å². The molecule has 0 aromatic rings. The zero-order chi connectivity index (χ0) is 7.56. The minimum atomic E-state index is 0.803. The maximum Gasteiger partial charge on any atom is 0.00961 e. The zero-order valence-electron chi connectivity index (χ0n) is 7.43. The van der Waals surface area contributed by atoms with Crippen molar-refractivity contribution in [1.82, 2.24) is 4.90 Å². The van der Waals surface area contributed by atoms with Crippen molar-refractivity contribution in [1.29, 1.82) is 0 Å². The zero-order valence-corrected chi connectivity index (χ0v) is 7.43. The molecule has 0 heterocycles. The van der Waals surface area contributed by atoms with Gasteiger partial charge in [0, 0.05) is 12.1 Å². The predicted octanol–water partition coefficient (Wildman–Crippen LogP) is 2.27. The molecule has 0 amide bonds. The van der Waals surface area contributed by atoms with Gasteiger partial charge in [-0.2, -0.15) is 0 Å². The molecule has 1 saturated carbocycles. The van der Waals surface area contributed by atoms with Crippen LogP contribution in [0.15, 0.2) is 0 Å². The van der Waals surface area contributed by atoms with E-state index in [4.69, 9.17) is 0 Å². The maximum atomic E-state index is 2.53. The molecule has 10 heavy (non-hydrogen) atoms. The Morgan fingerprint density at radius 3 is 2.50 bits per heavy atom.